The summed E-state index contributed by atoms with van der Waals surface area (Å²) in [6.07, 6.45) is 2.79. The van der Waals surface area contributed by atoms with Crippen molar-refractivity contribution in [3.63, 3.8) is 0 Å². The lowest BCUT2D eigenvalue weighted by Gasteiger charge is -2.27. The van der Waals surface area contributed by atoms with Crippen LogP contribution in [0, 0.1) is 18.8 Å². The molecule has 2 rings (SSSR count). The van der Waals surface area contributed by atoms with Gasteiger partial charge in [-0.05, 0) is 61.4 Å². The molecule has 1 saturated carbocycles. The molecule has 0 radical (unpaired) electrons. The molecule has 1 nitrogen and oxygen atoms in total. The molecule has 1 fully saturated rings. The van der Waals surface area contributed by atoms with Gasteiger partial charge in [0, 0.05) is 15.0 Å². The summed E-state index contributed by atoms with van der Waals surface area (Å²) in [6, 6.07) is 4.93. The largest absolute Gasteiger partial charge is 0.310 e. The summed E-state index contributed by atoms with van der Waals surface area (Å²) in [6.45, 7) is 7.71. The molecular formula is C15H21Br2N. The minimum atomic E-state index is 0.453. The van der Waals surface area contributed by atoms with Gasteiger partial charge in [0.15, 0.2) is 0 Å². The number of halogens is 2. The third kappa shape index (κ3) is 3.17. The van der Waals surface area contributed by atoms with Crippen LogP contribution in [-0.2, 0) is 0 Å². The Bertz CT molecular complexity index is 427. The van der Waals surface area contributed by atoms with Crippen molar-refractivity contribution < 1.29 is 0 Å². The van der Waals surface area contributed by atoms with Crippen molar-refractivity contribution in [3.05, 3.63) is 32.2 Å². The Hall–Kier alpha value is 0.140. The fourth-order valence-electron chi connectivity index (χ4n) is 2.59. The van der Waals surface area contributed by atoms with Crippen molar-refractivity contribution in [2.45, 2.75) is 39.7 Å². The van der Waals surface area contributed by atoms with Crippen molar-refractivity contribution in [2.24, 2.45) is 11.8 Å². The molecule has 18 heavy (non-hydrogen) atoms. The van der Waals surface area contributed by atoms with E-state index in [0.29, 0.717) is 12.0 Å². The average molecular weight is 375 g/mol. The number of hydrogen-bond acceptors (Lipinski definition) is 1. The molecular weight excluding hydrogens is 354 g/mol. The first-order chi connectivity index (χ1) is 8.54. The van der Waals surface area contributed by atoms with E-state index in [9.17, 15) is 0 Å². The van der Waals surface area contributed by atoms with Crippen LogP contribution in [0.3, 0.4) is 0 Å². The van der Waals surface area contributed by atoms with Gasteiger partial charge in [-0.1, -0.05) is 45.7 Å². The maximum absolute atomic E-state index is 3.73. The molecule has 1 aromatic rings. The number of benzene rings is 1. The van der Waals surface area contributed by atoms with Gasteiger partial charge >= 0.3 is 0 Å². The molecule has 0 bridgehead atoms. The molecule has 0 aliphatic heterocycles. The van der Waals surface area contributed by atoms with E-state index in [1.54, 1.807) is 0 Å². The highest BCUT2D eigenvalue weighted by molar-refractivity contribution is 9.11. The summed E-state index contributed by atoms with van der Waals surface area (Å²) in [5.41, 5.74) is 2.66. The highest BCUT2D eigenvalue weighted by atomic mass is 79.9. The maximum Gasteiger partial charge on any atom is 0.0360 e. The second-order valence-corrected chi connectivity index (χ2v) is 7.06. The summed E-state index contributed by atoms with van der Waals surface area (Å²) in [7, 11) is 0. The van der Waals surface area contributed by atoms with Gasteiger partial charge in [0.05, 0.1) is 0 Å². The lowest BCUT2D eigenvalue weighted by atomic mass is 9.90. The first-order valence-corrected chi connectivity index (χ1v) is 8.32. The van der Waals surface area contributed by atoms with Crippen LogP contribution < -0.4 is 5.32 Å². The predicted octanol–water partition coefficient (Wildman–Crippen LogP) is 5.22. The number of aryl methyl sites for hydroxylation is 1. The summed E-state index contributed by atoms with van der Waals surface area (Å²) < 4.78 is 2.42. The molecule has 2 atom stereocenters. The van der Waals surface area contributed by atoms with E-state index < -0.39 is 0 Å². The lowest BCUT2D eigenvalue weighted by Crippen LogP contribution is -2.28. The summed E-state index contributed by atoms with van der Waals surface area (Å²) in [5.74, 6) is 1.61. The SMILES string of the molecule is CCNC(c1cc(Br)c(C)cc1Br)C(C)C1CC1. The Morgan fingerprint density at radius 2 is 1.94 bits per heavy atom. The van der Waals surface area contributed by atoms with Crippen molar-refractivity contribution in [1.82, 2.24) is 5.32 Å². The number of rotatable bonds is 5. The predicted molar refractivity (Wildman–Crippen MR) is 84.9 cm³/mol. The molecule has 2 unspecified atom stereocenters. The average Bonchev–Trinajstić information content (AvgIpc) is 3.14. The van der Waals surface area contributed by atoms with Gasteiger partial charge in [0.1, 0.15) is 0 Å². The van der Waals surface area contributed by atoms with Crippen LogP contribution in [0.4, 0.5) is 0 Å². The fourth-order valence-corrected chi connectivity index (χ4v) is 3.66. The van der Waals surface area contributed by atoms with Crippen LogP contribution in [0.5, 0.6) is 0 Å². The zero-order chi connectivity index (χ0) is 13.3. The van der Waals surface area contributed by atoms with Gasteiger partial charge in [0.25, 0.3) is 0 Å². The number of hydrogen-bond donors (Lipinski definition) is 1. The van der Waals surface area contributed by atoms with Crippen LogP contribution in [0.1, 0.15) is 43.9 Å². The van der Waals surface area contributed by atoms with Crippen molar-refractivity contribution in [2.75, 3.05) is 6.54 Å². The minimum Gasteiger partial charge on any atom is -0.310 e. The van der Waals surface area contributed by atoms with Crippen LogP contribution in [0.15, 0.2) is 21.1 Å². The first-order valence-electron chi connectivity index (χ1n) is 6.73. The quantitative estimate of drug-likeness (QED) is 0.745. The normalized spacial score (nSPS) is 18.7. The zero-order valence-electron chi connectivity index (χ0n) is 11.3. The summed E-state index contributed by atoms with van der Waals surface area (Å²) in [5, 5.41) is 3.66. The Labute approximate surface area is 127 Å². The second-order valence-electron chi connectivity index (χ2n) is 5.35. The van der Waals surface area contributed by atoms with Gasteiger partial charge < -0.3 is 5.32 Å². The molecule has 1 aliphatic rings. The smallest absolute Gasteiger partial charge is 0.0360 e. The Morgan fingerprint density at radius 3 is 2.50 bits per heavy atom. The first kappa shape index (κ1) is 14.5. The molecule has 100 valence electrons. The molecule has 0 amide bonds. The third-order valence-electron chi connectivity index (χ3n) is 3.93. The van der Waals surface area contributed by atoms with Crippen molar-refractivity contribution in [1.29, 1.82) is 0 Å². The van der Waals surface area contributed by atoms with Crippen LogP contribution in [0.25, 0.3) is 0 Å². The van der Waals surface area contributed by atoms with Crippen LogP contribution in [-0.4, -0.2) is 6.54 Å². The van der Waals surface area contributed by atoms with E-state index in [1.165, 1.54) is 32.9 Å². The van der Waals surface area contributed by atoms with E-state index in [1.807, 2.05) is 0 Å². The van der Waals surface area contributed by atoms with Gasteiger partial charge in [-0.15, -0.1) is 0 Å². The monoisotopic (exact) mass is 373 g/mol. The van der Waals surface area contributed by atoms with E-state index in [2.05, 4.69) is 70.1 Å². The second kappa shape index (κ2) is 6.06. The third-order valence-corrected chi connectivity index (χ3v) is 5.47. The molecule has 0 spiro atoms. The molecule has 3 heteroatoms. The highest BCUT2D eigenvalue weighted by Crippen LogP contribution is 2.44. The van der Waals surface area contributed by atoms with Gasteiger partial charge in [-0.3, -0.25) is 0 Å². The zero-order valence-corrected chi connectivity index (χ0v) is 14.4. The van der Waals surface area contributed by atoms with Crippen molar-refractivity contribution >= 4 is 31.9 Å². The van der Waals surface area contributed by atoms with Crippen molar-refractivity contribution in [3.8, 4) is 0 Å². The molecule has 1 aromatic carbocycles. The molecule has 0 aromatic heterocycles. The summed E-state index contributed by atoms with van der Waals surface area (Å²) >= 11 is 7.38. The molecule has 1 N–H and O–H groups in total. The lowest BCUT2D eigenvalue weighted by molar-refractivity contribution is 0.354. The molecule has 0 heterocycles. The van der Waals surface area contributed by atoms with Gasteiger partial charge in [-0.25, -0.2) is 0 Å². The van der Waals surface area contributed by atoms with Crippen LogP contribution >= 0.6 is 31.9 Å². The van der Waals surface area contributed by atoms with E-state index in [0.717, 1.165) is 12.5 Å². The summed E-state index contributed by atoms with van der Waals surface area (Å²) in [4.78, 5) is 0. The van der Waals surface area contributed by atoms with E-state index in [-0.39, 0.29) is 0 Å². The molecule has 1 aliphatic carbocycles. The maximum atomic E-state index is 3.73. The highest BCUT2D eigenvalue weighted by Gasteiger charge is 2.34. The minimum absolute atomic E-state index is 0.453. The fraction of sp³-hybridized carbons (Fsp3) is 0.600. The Kier molecular flexibility index (Phi) is 4.90. The van der Waals surface area contributed by atoms with Gasteiger partial charge in [-0.2, -0.15) is 0 Å². The Balaban J connectivity index is 2.32. The van der Waals surface area contributed by atoms with E-state index >= 15 is 0 Å². The van der Waals surface area contributed by atoms with E-state index in [4.69, 9.17) is 0 Å². The van der Waals surface area contributed by atoms with Gasteiger partial charge in [0.2, 0.25) is 0 Å². The van der Waals surface area contributed by atoms with Crippen LogP contribution in [0.2, 0.25) is 0 Å². The standard InChI is InChI=1S/C15H21Br2N/c1-4-18-15(10(3)11-5-6-11)12-8-13(16)9(2)7-14(12)17/h7-8,10-11,15,18H,4-6H2,1-3H3. The number of nitrogens with one attached hydrogen (secondary N) is 1. The Morgan fingerprint density at radius 1 is 1.28 bits per heavy atom. The topological polar surface area (TPSA) is 12.0 Å². The molecule has 0 saturated heterocycles.